The van der Waals surface area contributed by atoms with Crippen molar-refractivity contribution >= 4 is 38.8 Å². The SMILES string of the molecule is CCN(CC)CCNS(=O)(=O)c1ccc(C(N)=S)cc1Cl. The molecule has 0 bridgehead atoms. The fraction of sp³-hybridized carbons (Fsp3) is 0.462. The second kappa shape index (κ2) is 8.05. The van der Waals surface area contributed by atoms with E-state index in [1.807, 2.05) is 13.8 Å². The normalized spacial score (nSPS) is 11.8. The first-order valence-corrected chi connectivity index (χ1v) is 8.90. The van der Waals surface area contributed by atoms with E-state index in [1.165, 1.54) is 12.1 Å². The second-order valence-electron chi connectivity index (χ2n) is 4.43. The zero-order chi connectivity index (χ0) is 16.0. The van der Waals surface area contributed by atoms with E-state index in [0.717, 1.165) is 13.1 Å². The minimum Gasteiger partial charge on any atom is -0.389 e. The maximum Gasteiger partial charge on any atom is 0.242 e. The average Bonchev–Trinajstić information content (AvgIpc) is 2.43. The van der Waals surface area contributed by atoms with Crippen LogP contribution < -0.4 is 10.5 Å². The summed E-state index contributed by atoms with van der Waals surface area (Å²) in [6.45, 7) is 6.79. The topological polar surface area (TPSA) is 75.4 Å². The molecule has 0 atom stereocenters. The van der Waals surface area contributed by atoms with Gasteiger partial charge in [-0.25, -0.2) is 13.1 Å². The third-order valence-electron chi connectivity index (χ3n) is 3.12. The Morgan fingerprint density at radius 1 is 1.38 bits per heavy atom. The molecule has 3 N–H and O–H groups in total. The highest BCUT2D eigenvalue weighted by Gasteiger charge is 2.18. The molecule has 21 heavy (non-hydrogen) atoms. The molecule has 0 fully saturated rings. The average molecular weight is 350 g/mol. The fourth-order valence-electron chi connectivity index (χ4n) is 1.83. The van der Waals surface area contributed by atoms with Crippen LogP contribution in [0, 0.1) is 0 Å². The molecular formula is C13H20ClN3O2S2. The zero-order valence-electron chi connectivity index (χ0n) is 12.1. The molecule has 0 heterocycles. The molecule has 5 nitrogen and oxygen atoms in total. The molecule has 0 aliphatic heterocycles. The monoisotopic (exact) mass is 349 g/mol. The van der Waals surface area contributed by atoms with Gasteiger partial charge in [0.25, 0.3) is 0 Å². The molecule has 0 spiro atoms. The minimum absolute atomic E-state index is 0.0312. The van der Waals surface area contributed by atoms with E-state index in [0.29, 0.717) is 18.7 Å². The highest BCUT2D eigenvalue weighted by molar-refractivity contribution is 7.89. The fourth-order valence-corrected chi connectivity index (χ4v) is 3.52. The third kappa shape index (κ3) is 5.19. The van der Waals surface area contributed by atoms with Crippen molar-refractivity contribution in [3.8, 4) is 0 Å². The number of halogens is 1. The summed E-state index contributed by atoms with van der Waals surface area (Å²) >= 11 is 10.8. The van der Waals surface area contributed by atoms with Crippen LogP contribution in [0.2, 0.25) is 5.02 Å². The van der Waals surface area contributed by atoms with Crippen LogP contribution in [-0.4, -0.2) is 44.5 Å². The van der Waals surface area contributed by atoms with Crippen LogP contribution in [0.5, 0.6) is 0 Å². The summed E-state index contributed by atoms with van der Waals surface area (Å²) in [5.41, 5.74) is 6.03. The van der Waals surface area contributed by atoms with E-state index in [-0.39, 0.29) is 14.9 Å². The number of nitrogens with zero attached hydrogens (tertiary/aromatic N) is 1. The van der Waals surface area contributed by atoms with Crippen molar-refractivity contribution in [1.82, 2.24) is 9.62 Å². The molecule has 1 rings (SSSR count). The molecule has 0 radical (unpaired) electrons. The molecule has 0 unspecified atom stereocenters. The van der Waals surface area contributed by atoms with Crippen molar-refractivity contribution in [3.05, 3.63) is 28.8 Å². The molecule has 118 valence electrons. The summed E-state index contributed by atoms with van der Waals surface area (Å²) in [4.78, 5) is 2.33. The molecule has 8 heteroatoms. The summed E-state index contributed by atoms with van der Waals surface area (Å²) in [5.74, 6) is 0. The lowest BCUT2D eigenvalue weighted by molar-refractivity contribution is 0.309. The van der Waals surface area contributed by atoms with Crippen LogP contribution in [-0.2, 0) is 10.0 Å². The zero-order valence-corrected chi connectivity index (χ0v) is 14.5. The van der Waals surface area contributed by atoms with Crippen LogP contribution in [0.4, 0.5) is 0 Å². The predicted molar refractivity (Wildman–Crippen MR) is 90.3 cm³/mol. The third-order valence-corrected chi connectivity index (χ3v) is 5.30. The van der Waals surface area contributed by atoms with Gasteiger partial charge in [-0.2, -0.15) is 0 Å². The molecular weight excluding hydrogens is 330 g/mol. The minimum atomic E-state index is -3.64. The van der Waals surface area contributed by atoms with Gasteiger partial charge in [0, 0.05) is 18.7 Å². The lowest BCUT2D eigenvalue weighted by Gasteiger charge is -2.18. The first-order chi connectivity index (χ1) is 9.81. The van der Waals surface area contributed by atoms with Gasteiger partial charge in [-0.3, -0.25) is 0 Å². The van der Waals surface area contributed by atoms with Gasteiger partial charge < -0.3 is 10.6 Å². The maximum atomic E-state index is 12.2. The number of rotatable bonds is 8. The Labute approximate surface area is 136 Å². The number of nitrogens with two attached hydrogens (primary N) is 1. The molecule has 0 saturated heterocycles. The largest absolute Gasteiger partial charge is 0.389 e. The van der Waals surface area contributed by atoms with Crippen LogP contribution in [0.25, 0.3) is 0 Å². The second-order valence-corrected chi connectivity index (χ2v) is 7.02. The Balaban J connectivity index is 2.81. The van der Waals surface area contributed by atoms with Crippen LogP contribution in [0.15, 0.2) is 23.1 Å². The van der Waals surface area contributed by atoms with Crippen molar-refractivity contribution in [2.75, 3.05) is 26.2 Å². The van der Waals surface area contributed by atoms with E-state index >= 15 is 0 Å². The summed E-state index contributed by atoms with van der Waals surface area (Å²) < 4.78 is 27.0. The number of sulfonamides is 1. The number of nitrogens with one attached hydrogen (secondary N) is 1. The van der Waals surface area contributed by atoms with Gasteiger partial charge in [0.15, 0.2) is 0 Å². The predicted octanol–water partition coefficient (Wildman–Crippen LogP) is 1.59. The maximum absolute atomic E-state index is 12.2. The van der Waals surface area contributed by atoms with Crippen molar-refractivity contribution < 1.29 is 8.42 Å². The summed E-state index contributed by atoms with van der Waals surface area (Å²) in [6, 6.07) is 4.42. The molecule has 1 aromatic carbocycles. The Bertz CT molecular complexity index is 601. The number of likely N-dealkylation sites (N-methyl/N-ethyl adjacent to an activating group) is 1. The number of hydrogen-bond acceptors (Lipinski definition) is 4. The van der Waals surface area contributed by atoms with Gasteiger partial charge in [0.2, 0.25) is 10.0 Å². The van der Waals surface area contributed by atoms with Gasteiger partial charge in [-0.15, -0.1) is 0 Å². The number of hydrogen-bond donors (Lipinski definition) is 2. The highest BCUT2D eigenvalue weighted by Crippen LogP contribution is 2.22. The van der Waals surface area contributed by atoms with Crippen molar-refractivity contribution in [3.63, 3.8) is 0 Å². The Hall–Kier alpha value is -0.730. The van der Waals surface area contributed by atoms with Gasteiger partial charge in [-0.05, 0) is 25.2 Å². The summed E-state index contributed by atoms with van der Waals surface area (Å²) in [6.07, 6.45) is 0. The Morgan fingerprint density at radius 2 is 2.00 bits per heavy atom. The lowest BCUT2D eigenvalue weighted by atomic mass is 10.2. The molecule has 0 saturated carbocycles. The quantitative estimate of drug-likeness (QED) is 0.697. The molecule has 0 aliphatic carbocycles. The lowest BCUT2D eigenvalue weighted by Crippen LogP contribution is -2.34. The first kappa shape index (κ1) is 18.3. The Morgan fingerprint density at radius 3 is 2.48 bits per heavy atom. The van der Waals surface area contributed by atoms with Gasteiger partial charge in [0.05, 0.1) is 5.02 Å². The van der Waals surface area contributed by atoms with E-state index in [9.17, 15) is 8.42 Å². The van der Waals surface area contributed by atoms with Gasteiger partial charge >= 0.3 is 0 Å². The standard InChI is InChI=1S/C13H20ClN3O2S2/c1-3-17(4-2)8-7-16-21(18,19)12-6-5-10(13(15)20)9-11(12)14/h5-6,9,16H,3-4,7-8H2,1-2H3,(H2,15,20). The van der Waals surface area contributed by atoms with Gasteiger partial charge in [-0.1, -0.05) is 43.7 Å². The van der Waals surface area contributed by atoms with Crippen molar-refractivity contribution in [2.24, 2.45) is 5.73 Å². The number of benzene rings is 1. The molecule has 0 aromatic heterocycles. The van der Waals surface area contributed by atoms with E-state index in [2.05, 4.69) is 9.62 Å². The number of thiocarbonyl (C=S) groups is 1. The summed E-state index contributed by atoms with van der Waals surface area (Å²) in [7, 11) is -3.64. The molecule has 0 amide bonds. The van der Waals surface area contributed by atoms with Gasteiger partial charge in [0.1, 0.15) is 9.88 Å². The van der Waals surface area contributed by atoms with Crippen LogP contribution >= 0.6 is 23.8 Å². The molecule has 0 aliphatic rings. The van der Waals surface area contributed by atoms with Crippen molar-refractivity contribution in [2.45, 2.75) is 18.7 Å². The summed E-state index contributed by atoms with van der Waals surface area (Å²) in [5, 5.41) is 0.107. The van der Waals surface area contributed by atoms with Crippen LogP contribution in [0.3, 0.4) is 0 Å². The first-order valence-electron chi connectivity index (χ1n) is 6.63. The van der Waals surface area contributed by atoms with E-state index < -0.39 is 10.0 Å². The smallest absolute Gasteiger partial charge is 0.242 e. The van der Waals surface area contributed by atoms with E-state index in [4.69, 9.17) is 29.6 Å². The van der Waals surface area contributed by atoms with Crippen LogP contribution in [0.1, 0.15) is 19.4 Å². The molecule has 1 aromatic rings. The van der Waals surface area contributed by atoms with E-state index in [1.54, 1.807) is 6.07 Å². The van der Waals surface area contributed by atoms with Crippen molar-refractivity contribution in [1.29, 1.82) is 0 Å². The highest BCUT2D eigenvalue weighted by atomic mass is 35.5. The Kier molecular flexibility index (Phi) is 7.02.